The van der Waals surface area contributed by atoms with Gasteiger partial charge in [-0.15, -0.1) is 0 Å². The third-order valence-electron chi connectivity index (χ3n) is 2.44. The van der Waals surface area contributed by atoms with E-state index in [1.165, 1.54) is 6.20 Å². The zero-order valence-electron chi connectivity index (χ0n) is 9.21. The zero-order valence-corrected chi connectivity index (χ0v) is 9.96. The molecule has 1 aromatic heterocycles. The summed E-state index contributed by atoms with van der Waals surface area (Å²) in [4.78, 5) is 3.94. The highest BCUT2D eigenvalue weighted by Crippen LogP contribution is 2.29. The van der Waals surface area contributed by atoms with Crippen molar-refractivity contribution in [2.24, 2.45) is 0 Å². The van der Waals surface area contributed by atoms with Gasteiger partial charge in [-0.1, -0.05) is 23.7 Å². The molecule has 0 spiro atoms. The standard InChI is InChI=1S/C13H9ClF3N/c14-11-3-1-9(2-4-11)7-12-8-10(5-6-18-12)13(15,16)17/h1-6,8H,7H2. The number of nitrogens with zero attached hydrogens (tertiary/aromatic N) is 1. The Kier molecular flexibility index (Phi) is 3.57. The Bertz CT molecular complexity index is 535. The summed E-state index contributed by atoms with van der Waals surface area (Å²) in [6.07, 6.45) is -2.81. The van der Waals surface area contributed by atoms with Crippen LogP contribution in [0.5, 0.6) is 0 Å². The average molecular weight is 272 g/mol. The quantitative estimate of drug-likeness (QED) is 0.791. The predicted octanol–water partition coefficient (Wildman–Crippen LogP) is 4.34. The number of halogens is 4. The van der Waals surface area contributed by atoms with Gasteiger partial charge >= 0.3 is 6.18 Å². The van der Waals surface area contributed by atoms with Crippen LogP contribution in [0.25, 0.3) is 0 Å². The van der Waals surface area contributed by atoms with Crippen molar-refractivity contribution in [3.8, 4) is 0 Å². The molecule has 0 N–H and O–H groups in total. The summed E-state index contributed by atoms with van der Waals surface area (Å²) >= 11 is 5.74. The third kappa shape index (κ3) is 3.23. The molecule has 94 valence electrons. The smallest absolute Gasteiger partial charge is 0.261 e. The fourth-order valence-electron chi connectivity index (χ4n) is 1.56. The van der Waals surface area contributed by atoms with E-state index < -0.39 is 11.7 Å². The average Bonchev–Trinajstić information content (AvgIpc) is 2.31. The van der Waals surface area contributed by atoms with E-state index in [-0.39, 0.29) is 0 Å². The molecule has 0 atom stereocenters. The second kappa shape index (κ2) is 4.98. The third-order valence-corrected chi connectivity index (χ3v) is 2.69. The van der Waals surface area contributed by atoms with Gasteiger partial charge in [-0.05, 0) is 29.8 Å². The van der Waals surface area contributed by atoms with Crippen LogP contribution in [0.15, 0.2) is 42.6 Å². The van der Waals surface area contributed by atoms with Crippen LogP contribution in [0.2, 0.25) is 5.02 Å². The summed E-state index contributed by atoms with van der Waals surface area (Å²) in [7, 11) is 0. The molecular formula is C13H9ClF3N. The Hall–Kier alpha value is -1.55. The van der Waals surface area contributed by atoms with Crippen molar-refractivity contribution in [3.63, 3.8) is 0 Å². The first-order valence-electron chi connectivity index (χ1n) is 5.22. The topological polar surface area (TPSA) is 12.9 Å². The van der Waals surface area contributed by atoms with E-state index in [0.29, 0.717) is 17.1 Å². The van der Waals surface area contributed by atoms with Crippen LogP contribution < -0.4 is 0 Å². The maximum Gasteiger partial charge on any atom is 0.416 e. The van der Waals surface area contributed by atoms with Gasteiger partial charge in [0.25, 0.3) is 0 Å². The molecule has 1 nitrogen and oxygen atoms in total. The van der Waals surface area contributed by atoms with Crippen molar-refractivity contribution in [2.45, 2.75) is 12.6 Å². The second-order valence-electron chi connectivity index (χ2n) is 3.84. The van der Waals surface area contributed by atoms with Crippen molar-refractivity contribution >= 4 is 11.6 Å². The molecule has 1 aromatic carbocycles. The van der Waals surface area contributed by atoms with Gasteiger partial charge in [-0.3, -0.25) is 4.98 Å². The van der Waals surface area contributed by atoms with Gasteiger partial charge in [-0.25, -0.2) is 0 Å². The van der Waals surface area contributed by atoms with Crippen molar-refractivity contribution < 1.29 is 13.2 Å². The second-order valence-corrected chi connectivity index (χ2v) is 4.27. The van der Waals surface area contributed by atoms with E-state index >= 15 is 0 Å². The van der Waals surface area contributed by atoms with Gasteiger partial charge in [0.05, 0.1) is 5.56 Å². The van der Waals surface area contributed by atoms with E-state index in [4.69, 9.17) is 11.6 Å². The molecule has 2 aromatic rings. The number of hydrogen-bond donors (Lipinski definition) is 0. The van der Waals surface area contributed by atoms with Gasteiger partial charge in [0.15, 0.2) is 0 Å². The molecule has 0 fully saturated rings. The van der Waals surface area contributed by atoms with Gasteiger partial charge in [0.1, 0.15) is 0 Å². The van der Waals surface area contributed by atoms with Crippen molar-refractivity contribution in [1.82, 2.24) is 4.98 Å². The summed E-state index contributed by atoms with van der Waals surface area (Å²) in [5.74, 6) is 0. The Morgan fingerprint density at radius 3 is 2.33 bits per heavy atom. The molecule has 0 saturated carbocycles. The van der Waals surface area contributed by atoms with Gasteiger partial charge < -0.3 is 0 Å². The lowest BCUT2D eigenvalue weighted by Crippen LogP contribution is -2.06. The fourth-order valence-corrected chi connectivity index (χ4v) is 1.69. The van der Waals surface area contributed by atoms with Crippen LogP contribution >= 0.6 is 11.6 Å². The SMILES string of the molecule is FC(F)(F)c1ccnc(Cc2ccc(Cl)cc2)c1. The van der Waals surface area contributed by atoms with E-state index in [2.05, 4.69) is 4.98 Å². The number of benzene rings is 1. The van der Waals surface area contributed by atoms with E-state index in [9.17, 15) is 13.2 Å². The molecule has 2 rings (SSSR count). The lowest BCUT2D eigenvalue weighted by Gasteiger charge is -2.08. The van der Waals surface area contributed by atoms with Gasteiger partial charge in [0, 0.05) is 23.3 Å². The molecule has 5 heteroatoms. The predicted molar refractivity (Wildman–Crippen MR) is 63.5 cm³/mol. The van der Waals surface area contributed by atoms with Crippen LogP contribution in [0.1, 0.15) is 16.8 Å². The van der Waals surface area contributed by atoms with Crippen LogP contribution in [0, 0.1) is 0 Å². The molecule has 0 bridgehead atoms. The summed E-state index contributed by atoms with van der Waals surface area (Å²) in [5.41, 5.74) is 0.569. The van der Waals surface area contributed by atoms with Crippen LogP contribution in [-0.4, -0.2) is 4.98 Å². The summed E-state index contributed by atoms with van der Waals surface area (Å²) in [5, 5.41) is 0.593. The highest BCUT2D eigenvalue weighted by atomic mass is 35.5. The Labute approximate surface area is 107 Å². The molecule has 0 aliphatic heterocycles. The number of hydrogen-bond acceptors (Lipinski definition) is 1. The Morgan fingerprint density at radius 2 is 1.72 bits per heavy atom. The first-order chi connectivity index (χ1) is 8.45. The molecule has 0 aliphatic carbocycles. The first-order valence-corrected chi connectivity index (χ1v) is 5.59. The van der Waals surface area contributed by atoms with Gasteiger partial charge in [-0.2, -0.15) is 13.2 Å². The molecule has 0 radical (unpaired) electrons. The minimum absolute atomic E-state index is 0.348. The highest BCUT2D eigenvalue weighted by molar-refractivity contribution is 6.30. The van der Waals surface area contributed by atoms with Crippen LogP contribution in [-0.2, 0) is 12.6 Å². The molecule has 0 saturated heterocycles. The molecule has 0 aliphatic rings. The van der Waals surface area contributed by atoms with E-state index in [0.717, 1.165) is 17.7 Å². The largest absolute Gasteiger partial charge is 0.416 e. The minimum atomic E-state index is -4.34. The monoisotopic (exact) mass is 271 g/mol. The number of alkyl halides is 3. The lowest BCUT2D eigenvalue weighted by molar-refractivity contribution is -0.137. The summed E-state index contributed by atoms with van der Waals surface area (Å²) in [6.45, 7) is 0. The Morgan fingerprint density at radius 1 is 1.06 bits per heavy atom. The maximum absolute atomic E-state index is 12.5. The van der Waals surface area contributed by atoms with E-state index in [1.807, 2.05) is 0 Å². The molecular weight excluding hydrogens is 263 g/mol. The molecule has 0 amide bonds. The number of aromatic nitrogens is 1. The molecule has 1 heterocycles. The lowest BCUT2D eigenvalue weighted by atomic mass is 10.1. The van der Waals surface area contributed by atoms with E-state index in [1.54, 1.807) is 24.3 Å². The molecule has 0 unspecified atom stereocenters. The minimum Gasteiger partial charge on any atom is -0.261 e. The summed E-state index contributed by atoms with van der Waals surface area (Å²) < 4.78 is 37.5. The van der Waals surface area contributed by atoms with Crippen molar-refractivity contribution in [2.75, 3.05) is 0 Å². The maximum atomic E-state index is 12.5. The summed E-state index contributed by atoms with van der Waals surface area (Å²) in [6, 6.07) is 8.96. The fraction of sp³-hybridized carbons (Fsp3) is 0.154. The van der Waals surface area contributed by atoms with Crippen molar-refractivity contribution in [3.05, 3.63) is 64.4 Å². The van der Waals surface area contributed by atoms with Crippen LogP contribution in [0.4, 0.5) is 13.2 Å². The first kappa shape index (κ1) is 12.9. The number of pyridine rings is 1. The van der Waals surface area contributed by atoms with Crippen molar-refractivity contribution in [1.29, 1.82) is 0 Å². The molecule has 18 heavy (non-hydrogen) atoms. The van der Waals surface area contributed by atoms with Crippen LogP contribution in [0.3, 0.4) is 0 Å². The normalized spacial score (nSPS) is 11.6. The number of rotatable bonds is 2. The zero-order chi connectivity index (χ0) is 13.2. The Balaban J connectivity index is 2.22. The van der Waals surface area contributed by atoms with Gasteiger partial charge in [0.2, 0.25) is 0 Å². The highest BCUT2D eigenvalue weighted by Gasteiger charge is 2.30.